The molecule has 0 atom stereocenters. The van der Waals surface area contributed by atoms with Crippen LogP contribution in [0.5, 0.6) is 0 Å². The molecule has 0 aromatic heterocycles. The van der Waals surface area contributed by atoms with Crippen molar-refractivity contribution in [3.05, 3.63) is 12.2 Å². The Morgan fingerprint density at radius 2 is 1.67 bits per heavy atom. The first-order valence-corrected chi connectivity index (χ1v) is 5.88. The van der Waals surface area contributed by atoms with Crippen molar-refractivity contribution < 1.29 is 23.4 Å². The Labute approximate surface area is 107 Å². The molecular weight excluding hydrogens is 244 g/mol. The lowest BCUT2D eigenvalue weighted by atomic mass is 10.4. The molecule has 6 heteroatoms. The minimum absolute atomic E-state index is 0.0965. The van der Waals surface area contributed by atoms with E-state index < -0.39 is 19.0 Å². The summed E-state index contributed by atoms with van der Waals surface area (Å²) in [6.07, 6.45) is -2.65. The molecule has 108 valence electrons. The molecule has 0 aliphatic carbocycles. The van der Waals surface area contributed by atoms with E-state index in [1.807, 2.05) is 0 Å². The molecule has 0 aliphatic rings. The summed E-state index contributed by atoms with van der Waals surface area (Å²) < 4.78 is 22.7. The van der Waals surface area contributed by atoms with Crippen LogP contribution in [0.25, 0.3) is 0 Å². The average Bonchev–Trinajstić information content (AvgIpc) is 2.31. The van der Waals surface area contributed by atoms with E-state index in [0.29, 0.717) is 0 Å². The molecule has 0 N–H and O–H groups in total. The maximum atomic E-state index is 11.3. The second-order valence-electron chi connectivity index (χ2n) is 3.45. The summed E-state index contributed by atoms with van der Waals surface area (Å²) in [5.41, 5.74) is 0.0965. The summed E-state index contributed by atoms with van der Waals surface area (Å²) in [6, 6.07) is 0. The highest BCUT2D eigenvalue weighted by atomic mass is 19.3. The van der Waals surface area contributed by atoms with Crippen molar-refractivity contribution in [2.24, 2.45) is 0 Å². The molecule has 4 nitrogen and oxygen atoms in total. The number of carbonyl (C=O) groups excluding carboxylic acids is 1. The van der Waals surface area contributed by atoms with Crippen molar-refractivity contribution in [3.8, 4) is 0 Å². The summed E-state index contributed by atoms with van der Waals surface area (Å²) in [4.78, 5) is 20.6. The van der Waals surface area contributed by atoms with Crippen molar-refractivity contribution in [3.63, 3.8) is 0 Å². The molecule has 0 saturated heterocycles. The predicted octanol–water partition coefficient (Wildman–Crippen LogP) is 2.65. The first-order chi connectivity index (χ1) is 8.38. The minimum atomic E-state index is -2.65. The maximum absolute atomic E-state index is 11.3. The van der Waals surface area contributed by atoms with Gasteiger partial charge >= 0.3 is 5.97 Å². The molecule has 0 saturated carbocycles. The number of hydrogen-bond acceptors (Lipinski definition) is 4. The summed E-state index contributed by atoms with van der Waals surface area (Å²) in [5, 5.41) is 0. The largest absolute Gasteiger partial charge is 0.368 e. The molecule has 0 unspecified atom stereocenters. The Morgan fingerprint density at radius 1 is 1.22 bits per heavy atom. The van der Waals surface area contributed by atoms with Crippen molar-refractivity contribution in [1.29, 1.82) is 0 Å². The van der Waals surface area contributed by atoms with Crippen LogP contribution in [0.3, 0.4) is 0 Å². The van der Waals surface area contributed by atoms with Gasteiger partial charge in [-0.2, -0.15) is 4.89 Å². The molecule has 0 heterocycles. The van der Waals surface area contributed by atoms with Crippen LogP contribution in [-0.2, 0) is 14.6 Å². The molecule has 0 amide bonds. The van der Waals surface area contributed by atoms with E-state index in [1.54, 1.807) is 0 Å². The van der Waals surface area contributed by atoms with Crippen LogP contribution >= 0.6 is 0 Å². The van der Waals surface area contributed by atoms with Gasteiger partial charge in [0.05, 0.1) is 0 Å². The van der Waals surface area contributed by atoms with Gasteiger partial charge < -0.3 is 4.90 Å². The van der Waals surface area contributed by atoms with Crippen LogP contribution in [0, 0.1) is 0 Å². The fourth-order valence-electron chi connectivity index (χ4n) is 0.881. The van der Waals surface area contributed by atoms with E-state index in [-0.39, 0.29) is 5.57 Å². The summed E-state index contributed by atoms with van der Waals surface area (Å²) >= 11 is 0. The quantitative estimate of drug-likeness (QED) is 0.404. The number of nitrogens with zero attached hydrogens (tertiary/aromatic N) is 1. The minimum Gasteiger partial charge on any atom is -0.304 e. The number of hydrogen-bond donors (Lipinski definition) is 0. The van der Waals surface area contributed by atoms with Crippen LogP contribution in [0.15, 0.2) is 12.2 Å². The van der Waals surface area contributed by atoms with Gasteiger partial charge in [-0.1, -0.05) is 27.4 Å². The van der Waals surface area contributed by atoms with Crippen molar-refractivity contribution in [2.75, 3.05) is 26.2 Å². The predicted molar refractivity (Wildman–Crippen MR) is 66.3 cm³/mol. The number of halogens is 2. The van der Waals surface area contributed by atoms with Gasteiger partial charge in [0.2, 0.25) is 0 Å². The van der Waals surface area contributed by atoms with Gasteiger partial charge in [-0.3, -0.25) is 4.89 Å². The highest BCUT2D eigenvalue weighted by molar-refractivity contribution is 5.86. The van der Waals surface area contributed by atoms with Crippen molar-refractivity contribution >= 4 is 5.97 Å². The average molecular weight is 267 g/mol. The van der Waals surface area contributed by atoms with E-state index in [9.17, 15) is 13.6 Å². The fourth-order valence-corrected chi connectivity index (χ4v) is 0.881. The summed E-state index contributed by atoms with van der Waals surface area (Å²) in [7, 11) is 0. The zero-order chi connectivity index (χ0) is 14.6. The molecule has 0 spiro atoms. The van der Waals surface area contributed by atoms with Gasteiger partial charge in [0.15, 0.2) is 6.61 Å². The third-order valence-corrected chi connectivity index (χ3v) is 2.02. The molecule has 0 aromatic carbocycles. The Bertz CT molecular complexity index is 226. The van der Waals surface area contributed by atoms with Crippen molar-refractivity contribution in [1.82, 2.24) is 4.90 Å². The topological polar surface area (TPSA) is 38.8 Å². The second kappa shape index (κ2) is 12.4. The Morgan fingerprint density at radius 3 is 1.89 bits per heavy atom. The molecule has 0 aliphatic heterocycles. The number of alkyl halides is 2. The van der Waals surface area contributed by atoms with E-state index in [0.717, 1.165) is 0 Å². The van der Waals surface area contributed by atoms with Gasteiger partial charge in [0.1, 0.15) is 0 Å². The molecule has 0 radical (unpaired) electrons. The van der Waals surface area contributed by atoms with Gasteiger partial charge in [-0.05, 0) is 26.6 Å². The smallest absolute Gasteiger partial charge is 0.304 e. The van der Waals surface area contributed by atoms with E-state index in [1.165, 1.54) is 26.6 Å². The summed E-state index contributed by atoms with van der Waals surface area (Å²) in [5.74, 6) is -0.842. The third-order valence-electron chi connectivity index (χ3n) is 2.02. The van der Waals surface area contributed by atoms with Crippen molar-refractivity contribution in [2.45, 2.75) is 34.1 Å². The Hall–Kier alpha value is -1.01. The van der Waals surface area contributed by atoms with Crippen LogP contribution in [0.2, 0.25) is 0 Å². The van der Waals surface area contributed by atoms with Crippen LogP contribution in [-0.4, -0.2) is 43.5 Å². The Kier molecular flexibility index (Phi) is 13.4. The lowest BCUT2D eigenvalue weighted by molar-refractivity contribution is -0.280. The normalized spacial score (nSPS) is 10.0. The standard InChI is InChI=1S/C6H8F2O3.C6H15N/c1-4(2)6(9)11-10-3-5(7)8;1-4-7(5-2)6-3/h5H,1,3H2,2H3;4-6H2,1-3H3. The van der Waals surface area contributed by atoms with E-state index in [4.69, 9.17) is 0 Å². The molecule has 0 rings (SSSR count). The highest BCUT2D eigenvalue weighted by Gasteiger charge is 2.07. The van der Waals surface area contributed by atoms with Crippen LogP contribution in [0.4, 0.5) is 8.78 Å². The SMILES string of the molecule is C=C(C)C(=O)OOCC(F)F.CCN(CC)CC. The molecule has 0 aromatic rings. The van der Waals surface area contributed by atoms with Gasteiger partial charge in [-0.15, -0.1) is 0 Å². The van der Waals surface area contributed by atoms with E-state index in [2.05, 4.69) is 42.0 Å². The summed E-state index contributed by atoms with van der Waals surface area (Å²) in [6.45, 7) is 13.8. The lowest BCUT2D eigenvalue weighted by Gasteiger charge is -2.13. The van der Waals surface area contributed by atoms with E-state index >= 15 is 0 Å². The number of carbonyl (C=O) groups is 1. The lowest BCUT2D eigenvalue weighted by Crippen LogP contribution is -2.21. The first-order valence-electron chi connectivity index (χ1n) is 5.88. The first kappa shape index (κ1) is 19.3. The Balaban J connectivity index is 0. The second-order valence-corrected chi connectivity index (χ2v) is 3.45. The molecule has 0 fully saturated rings. The van der Waals surface area contributed by atoms with Crippen LogP contribution in [0.1, 0.15) is 27.7 Å². The zero-order valence-corrected chi connectivity index (χ0v) is 11.5. The van der Waals surface area contributed by atoms with Gasteiger partial charge in [-0.25, -0.2) is 13.6 Å². The molecule has 0 bridgehead atoms. The van der Waals surface area contributed by atoms with Crippen LogP contribution < -0.4 is 0 Å². The zero-order valence-electron chi connectivity index (χ0n) is 11.5. The highest BCUT2D eigenvalue weighted by Crippen LogP contribution is 1.96. The third kappa shape index (κ3) is 13.1. The molecular formula is C12H23F2NO3. The maximum Gasteiger partial charge on any atom is 0.368 e. The fraction of sp³-hybridized carbons (Fsp3) is 0.750. The van der Waals surface area contributed by atoms with Gasteiger partial charge in [0.25, 0.3) is 6.43 Å². The monoisotopic (exact) mass is 267 g/mol. The number of rotatable bonds is 7. The van der Waals surface area contributed by atoms with Gasteiger partial charge in [0, 0.05) is 5.57 Å². The molecule has 18 heavy (non-hydrogen) atoms.